The summed E-state index contributed by atoms with van der Waals surface area (Å²) < 4.78 is 11.5. The van der Waals surface area contributed by atoms with Gasteiger partial charge in [0.25, 0.3) is 5.91 Å². The Labute approximate surface area is 129 Å². The van der Waals surface area contributed by atoms with E-state index in [0.29, 0.717) is 13.2 Å². The third kappa shape index (κ3) is 3.59. The van der Waals surface area contributed by atoms with Gasteiger partial charge in [0.2, 0.25) is 0 Å². The van der Waals surface area contributed by atoms with Crippen molar-refractivity contribution < 1.29 is 14.3 Å². The molecule has 3 rings (SSSR count). The van der Waals surface area contributed by atoms with Crippen molar-refractivity contribution in [1.29, 1.82) is 0 Å². The number of fused-ring (bicyclic) bond motifs is 1. The molecule has 1 aliphatic carbocycles. The molecule has 0 unspecified atom stereocenters. The van der Waals surface area contributed by atoms with Crippen LogP contribution in [0.1, 0.15) is 29.6 Å². The van der Waals surface area contributed by atoms with Crippen molar-refractivity contribution in [3.63, 3.8) is 0 Å². The summed E-state index contributed by atoms with van der Waals surface area (Å²) in [6, 6.07) is 7.92. The van der Waals surface area contributed by atoms with Gasteiger partial charge in [-0.3, -0.25) is 4.79 Å². The summed E-state index contributed by atoms with van der Waals surface area (Å²) >= 11 is 1.64. The summed E-state index contributed by atoms with van der Waals surface area (Å²) in [4.78, 5) is 13.5. The highest BCUT2D eigenvalue weighted by atomic mass is 32.2. The van der Waals surface area contributed by atoms with Crippen LogP contribution in [0.2, 0.25) is 0 Å². The first-order chi connectivity index (χ1) is 10.3. The van der Waals surface area contributed by atoms with Crippen LogP contribution in [0.25, 0.3) is 0 Å². The van der Waals surface area contributed by atoms with E-state index in [1.54, 1.807) is 11.8 Å². The zero-order valence-corrected chi connectivity index (χ0v) is 13.0. The van der Waals surface area contributed by atoms with E-state index in [-0.39, 0.29) is 24.2 Å². The number of rotatable bonds is 3. The number of ether oxygens (including phenoxy) is 2. The van der Waals surface area contributed by atoms with E-state index >= 15 is 0 Å². The highest BCUT2D eigenvalue weighted by molar-refractivity contribution is 7.98. The van der Waals surface area contributed by atoms with Crippen LogP contribution in [0, 0.1) is 0 Å². The molecule has 0 radical (unpaired) electrons. The summed E-state index contributed by atoms with van der Waals surface area (Å²) in [6.07, 6.45) is 5.12. The van der Waals surface area contributed by atoms with E-state index in [1.165, 1.54) is 0 Å². The first-order valence-corrected chi connectivity index (χ1v) is 8.67. The highest BCUT2D eigenvalue weighted by Crippen LogP contribution is 2.27. The number of thioether (sulfide) groups is 1. The lowest BCUT2D eigenvalue weighted by Crippen LogP contribution is -2.49. The Bertz CT molecular complexity index is 508. The molecular weight excluding hydrogens is 286 g/mol. The van der Waals surface area contributed by atoms with Crippen molar-refractivity contribution >= 4 is 17.7 Å². The van der Waals surface area contributed by atoms with Crippen LogP contribution in [-0.4, -0.2) is 43.6 Å². The highest BCUT2D eigenvalue weighted by Gasteiger charge is 2.34. The number of carbonyl (C=O) groups excluding carboxylic acids is 1. The normalized spacial score (nSPS) is 28.7. The summed E-state index contributed by atoms with van der Waals surface area (Å²) in [5, 5.41) is 3.14. The van der Waals surface area contributed by atoms with E-state index in [0.717, 1.165) is 29.7 Å². The largest absolute Gasteiger partial charge is 0.373 e. The minimum absolute atomic E-state index is 0.00563. The second kappa shape index (κ2) is 6.81. The smallest absolute Gasteiger partial charge is 0.251 e. The molecule has 0 spiro atoms. The van der Waals surface area contributed by atoms with E-state index in [2.05, 4.69) is 5.32 Å². The van der Waals surface area contributed by atoms with Gasteiger partial charge in [-0.15, -0.1) is 11.8 Å². The van der Waals surface area contributed by atoms with Crippen LogP contribution in [0.5, 0.6) is 0 Å². The Morgan fingerprint density at radius 1 is 1.24 bits per heavy atom. The molecule has 5 heteroatoms. The zero-order chi connectivity index (χ0) is 14.7. The molecule has 1 heterocycles. The molecule has 3 atom stereocenters. The topological polar surface area (TPSA) is 47.6 Å². The van der Waals surface area contributed by atoms with Crippen LogP contribution < -0.4 is 5.32 Å². The van der Waals surface area contributed by atoms with Gasteiger partial charge in [0, 0.05) is 16.5 Å². The average Bonchev–Trinajstić information content (AvgIpc) is 2.54. The molecule has 1 aliphatic heterocycles. The van der Waals surface area contributed by atoms with Gasteiger partial charge in [-0.25, -0.2) is 0 Å². The van der Waals surface area contributed by atoms with E-state index < -0.39 is 0 Å². The van der Waals surface area contributed by atoms with Crippen molar-refractivity contribution in [2.75, 3.05) is 19.5 Å². The number of hydrogen-bond donors (Lipinski definition) is 1. The number of nitrogens with one attached hydrogen (secondary N) is 1. The standard InChI is InChI=1S/C16H21NO3S/c1-21-13-4-2-3-11(9-13)16(18)17-12-5-6-14-15(10-12)20-8-7-19-14/h2-4,9,12,14-15H,5-8,10H2,1H3,(H,17,18)/t12-,14-,15-/m1/s1. The molecule has 0 bridgehead atoms. The van der Waals surface area contributed by atoms with E-state index in [1.807, 2.05) is 30.5 Å². The van der Waals surface area contributed by atoms with Crippen molar-refractivity contribution in [3.8, 4) is 0 Å². The monoisotopic (exact) mass is 307 g/mol. The molecule has 0 aromatic heterocycles. The molecule has 4 nitrogen and oxygen atoms in total. The molecule has 1 aromatic rings. The first-order valence-electron chi connectivity index (χ1n) is 7.44. The number of hydrogen-bond acceptors (Lipinski definition) is 4. The Balaban J connectivity index is 1.59. The summed E-state index contributed by atoms with van der Waals surface area (Å²) in [5.74, 6) is 0.00563. The van der Waals surface area contributed by atoms with Crippen molar-refractivity contribution in [1.82, 2.24) is 5.32 Å². The average molecular weight is 307 g/mol. The second-order valence-corrected chi connectivity index (χ2v) is 6.41. The van der Waals surface area contributed by atoms with Crippen LogP contribution in [0.4, 0.5) is 0 Å². The maximum Gasteiger partial charge on any atom is 0.251 e. The maximum atomic E-state index is 12.3. The number of amides is 1. The van der Waals surface area contributed by atoms with Gasteiger partial charge in [0.15, 0.2) is 0 Å². The minimum Gasteiger partial charge on any atom is -0.373 e. The number of benzene rings is 1. The van der Waals surface area contributed by atoms with Crippen molar-refractivity contribution in [3.05, 3.63) is 29.8 Å². The van der Waals surface area contributed by atoms with Crippen molar-refractivity contribution in [2.45, 2.75) is 42.4 Å². The Hall–Kier alpha value is -1.04. The van der Waals surface area contributed by atoms with Crippen LogP contribution >= 0.6 is 11.8 Å². The third-order valence-electron chi connectivity index (χ3n) is 4.15. The predicted octanol–water partition coefficient (Wildman–Crippen LogP) is 2.47. The van der Waals surface area contributed by atoms with Gasteiger partial charge in [-0.2, -0.15) is 0 Å². The Morgan fingerprint density at radius 3 is 2.86 bits per heavy atom. The second-order valence-electron chi connectivity index (χ2n) is 5.53. The third-order valence-corrected chi connectivity index (χ3v) is 4.87. The molecular formula is C16H21NO3S. The van der Waals surface area contributed by atoms with Crippen LogP contribution in [0.3, 0.4) is 0 Å². The Kier molecular flexibility index (Phi) is 4.83. The predicted molar refractivity (Wildman–Crippen MR) is 82.8 cm³/mol. The van der Waals surface area contributed by atoms with E-state index in [9.17, 15) is 4.79 Å². The SMILES string of the molecule is CSc1cccc(C(=O)N[C@@H]2CC[C@H]3OCCO[C@@H]3C2)c1. The number of carbonyl (C=O) groups is 1. The van der Waals surface area contributed by atoms with Crippen LogP contribution in [-0.2, 0) is 9.47 Å². The minimum atomic E-state index is 0.00563. The molecule has 2 fully saturated rings. The molecule has 1 amide bonds. The van der Waals surface area contributed by atoms with Gasteiger partial charge in [0.1, 0.15) is 0 Å². The molecule has 1 saturated carbocycles. The fourth-order valence-corrected chi connectivity index (χ4v) is 3.49. The van der Waals surface area contributed by atoms with Gasteiger partial charge < -0.3 is 14.8 Å². The molecule has 1 N–H and O–H groups in total. The molecule has 21 heavy (non-hydrogen) atoms. The summed E-state index contributed by atoms with van der Waals surface area (Å²) in [6.45, 7) is 1.36. The van der Waals surface area contributed by atoms with Gasteiger partial charge in [0.05, 0.1) is 25.4 Å². The molecule has 1 aromatic carbocycles. The fraction of sp³-hybridized carbons (Fsp3) is 0.562. The first kappa shape index (κ1) is 14.9. The van der Waals surface area contributed by atoms with Gasteiger partial charge in [-0.1, -0.05) is 6.07 Å². The molecule has 114 valence electrons. The summed E-state index contributed by atoms with van der Waals surface area (Å²) in [5.41, 5.74) is 0.727. The molecule has 2 aliphatic rings. The maximum absolute atomic E-state index is 12.3. The van der Waals surface area contributed by atoms with Crippen LogP contribution in [0.15, 0.2) is 29.2 Å². The van der Waals surface area contributed by atoms with Crippen molar-refractivity contribution in [2.24, 2.45) is 0 Å². The fourth-order valence-electron chi connectivity index (χ4n) is 3.03. The van der Waals surface area contributed by atoms with Gasteiger partial charge >= 0.3 is 0 Å². The lowest BCUT2D eigenvalue weighted by Gasteiger charge is -2.39. The molecule has 1 saturated heterocycles. The Morgan fingerprint density at radius 2 is 2.05 bits per heavy atom. The zero-order valence-electron chi connectivity index (χ0n) is 12.2. The van der Waals surface area contributed by atoms with E-state index in [4.69, 9.17) is 9.47 Å². The van der Waals surface area contributed by atoms with Gasteiger partial charge in [-0.05, 0) is 43.7 Å². The quantitative estimate of drug-likeness (QED) is 0.872. The lowest BCUT2D eigenvalue weighted by molar-refractivity contribution is -0.157. The summed E-state index contributed by atoms with van der Waals surface area (Å²) in [7, 11) is 0. The lowest BCUT2D eigenvalue weighted by atomic mass is 9.89.